The van der Waals surface area contributed by atoms with E-state index in [1.807, 2.05) is 24.3 Å². The quantitative estimate of drug-likeness (QED) is 0.887. The van der Waals surface area contributed by atoms with Gasteiger partial charge in [-0.15, -0.1) is 0 Å². The number of hydrogen-bond acceptors (Lipinski definition) is 3. The van der Waals surface area contributed by atoms with Gasteiger partial charge in [-0.25, -0.2) is 0 Å². The summed E-state index contributed by atoms with van der Waals surface area (Å²) >= 11 is 0. The van der Waals surface area contributed by atoms with Crippen LogP contribution in [0.1, 0.15) is 33.6 Å². The van der Waals surface area contributed by atoms with E-state index in [9.17, 15) is 4.79 Å². The van der Waals surface area contributed by atoms with Gasteiger partial charge in [0.25, 0.3) is 0 Å². The Labute approximate surface area is 120 Å². The standard InChI is InChI=1S/C16H24N2O2/c1-11(2)16-10-15(8-9-20-16)18-14-6-4-13(5-7-14)17-12(3)19/h4-7,11,15-16,18H,8-10H2,1-3H3,(H,17,19). The Morgan fingerprint density at radius 2 is 1.90 bits per heavy atom. The van der Waals surface area contributed by atoms with E-state index in [1.54, 1.807) is 0 Å². The zero-order valence-corrected chi connectivity index (χ0v) is 12.5. The van der Waals surface area contributed by atoms with E-state index in [2.05, 4.69) is 24.5 Å². The molecule has 110 valence electrons. The molecule has 1 amide bonds. The fourth-order valence-electron chi connectivity index (χ4n) is 2.51. The summed E-state index contributed by atoms with van der Waals surface area (Å²) in [4.78, 5) is 11.0. The number of ether oxygens (including phenoxy) is 1. The minimum atomic E-state index is -0.0464. The first-order chi connectivity index (χ1) is 9.54. The maximum absolute atomic E-state index is 11.0. The Morgan fingerprint density at radius 3 is 2.50 bits per heavy atom. The second-order valence-electron chi connectivity index (χ2n) is 5.78. The van der Waals surface area contributed by atoms with E-state index in [1.165, 1.54) is 6.92 Å². The monoisotopic (exact) mass is 276 g/mol. The molecule has 2 atom stereocenters. The van der Waals surface area contributed by atoms with Crippen LogP contribution in [0.5, 0.6) is 0 Å². The van der Waals surface area contributed by atoms with Crippen molar-refractivity contribution < 1.29 is 9.53 Å². The van der Waals surface area contributed by atoms with E-state index in [0.717, 1.165) is 30.8 Å². The number of hydrogen-bond donors (Lipinski definition) is 2. The predicted octanol–water partition coefficient (Wildman–Crippen LogP) is 3.26. The molecule has 1 aliphatic heterocycles. The molecule has 0 aliphatic carbocycles. The van der Waals surface area contributed by atoms with Gasteiger partial charge in [-0.05, 0) is 43.0 Å². The van der Waals surface area contributed by atoms with Gasteiger partial charge in [-0.1, -0.05) is 13.8 Å². The highest BCUT2D eigenvalue weighted by Gasteiger charge is 2.24. The van der Waals surface area contributed by atoms with E-state index < -0.39 is 0 Å². The molecule has 1 saturated heterocycles. The summed E-state index contributed by atoms with van der Waals surface area (Å²) < 4.78 is 5.78. The Morgan fingerprint density at radius 1 is 1.25 bits per heavy atom. The van der Waals surface area contributed by atoms with E-state index in [-0.39, 0.29) is 5.91 Å². The van der Waals surface area contributed by atoms with Crippen LogP contribution in [-0.2, 0) is 9.53 Å². The fourth-order valence-corrected chi connectivity index (χ4v) is 2.51. The Hall–Kier alpha value is -1.55. The predicted molar refractivity (Wildman–Crippen MR) is 82.0 cm³/mol. The smallest absolute Gasteiger partial charge is 0.221 e. The van der Waals surface area contributed by atoms with Crippen LogP contribution < -0.4 is 10.6 Å². The van der Waals surface area contributed by atoms with E-state index >= 15 is 0 Å². The number of carbonyl (C=O) groups is 1. The van der Waals surface area contributed by atoms with Crippen LogP contribution in [0.4, 0.5) is 11.4 Å². The highest BCUT2D eigenvalue weighted by Crippen LogP contribution is 2.23. The lowest BCUT2D eigenvalue weighted by Gasteiger charge is -2.33. The second-order valence-corrected chi connectivity index (χ2v) is 5.78. The van der Waals surface area contributed by atoms with Gasteiger partial charge in [0.15, 0.2) is 0 Å². The minimum Gasteiger partial charge on any atom is -0.382 e. The van der Waals surface area contributed by atoms with Crippen molar-refractivity contribution in [3.8, 4) is 0 Å². The Kier molecular flexibility index (Phi) is 5.01. The number of nitrogens with one attached hydrogen (secondary N) is 2. The van der Waals surface area contributed by atoms with Crippen LogP contribution in [0, 0.1) is 5.92 Å². The molecule has 0 aromatic heterocycles. The van der Waals surface area contributed by atoms with Gasteiger partial charge in [-0.2, -0.15) is 0 Å². The first kappa shape index (κ1) is 14.9. The van der Waals surface area contributed by atoms with Crippen molar-refractivity contribution >= 4 is 17.3 Å². The molecule has 0 saturated carbocycles. The molecule has 2 rings (SSSR count). The highest BCUT2D eigenvalue weighted by molar-refractivity contribution is 5.88. The normalized spacial score (nSPS) is 22.6. The summed E-state index contributed by atoms with van der Waals surface area (Å²) in [7, 11) is 0. The summed E-state index contributed by atoms with van der Waals surface area (Å²) in [6.45, 7) is 6.75. The molecule has 1 aromatic rings. The summed E-state index contributed by atoms with van der Waals surface area (Å²) in [6, 6.07) is 8.31. The third kappa shape index (κ3) is 4.23. The van der Waals surface area contributed by atoms with Gasteiger partial charge in [-0.3, -0.25) is 4.79 Å². The fraction of sp³-hybridized carbons (Fsp3) is 0.562. The van der Waals surface area contributed by atoms with Crippen molar-refractivity contribution in [2.45, 2.75) is 45.8 Å². The van der Waals surface area contributed by atoms with Crippen LogP contribution >= 0.6 is 0 Å². The van der Waals surface area contributed by atoms with Gasteiger partial charge < -0.3 is 15.4 Å². The lowest BCUT2D eigenvalue weighted by Crippen LogP contribution is -2.36. The van der Waals surface area contributed by atoms with Crippen LogP contribution in [0.2, 0.25) is 0 Å². The topological polar surface area (TPSA) is 50.4 Å². The molecule has 1 aliphatic rings. The number of amides is 1. The molecule has 0 bridgehead atoms. The molecular formula is C16H24N2O2. The highest BCUT2D eigenvalue weighted by atomic mass is 16.5. The molecule has 0 spiro atoms. The van der Waals surface area contributed by atoms with Gasteiger partial charge in [0, 0.05) is 30.9 Å². The third-order valence-electron chi connectivity index (χ3n) is 3.63. The molecule has 20 heavy (non-hydrogen) atoms. The molecule has 1 aromatic carbocycles. The minimum absolute atomic E-state index is 0.0464. The summed E-state index contributed by atoms with van der Waals surface area (Å²) in [5.74, 6) is 0.511. The Bertz CT molecular complexity index is 442. The van der Waals surface area contributed by atoms with Crippen LogP contribution in [0.25, 0.3) is 0 Å². The van der Waals surface area contributed by atoms with Crippen LogP contribution in [-0.4, -0.2) is 24.7 Å². The van der Waals surface area contributed by atoms with Crippen molar-refractivity contribution in [3.05, 3.63) is 24.3 Å². The van der Waals surface area contributed by atoms with Gasteiger partial charge >= 0.3 is 0 Å². The molecule has 2 N–H and O–H groups in total. The van der Waals surface area contributed by atoms with Crippen LogP contribution in [0.15, 0.2) is 24.3 Å². The van der Waals surface area contributed by atoms with Crippen LogP contribution in [0.3, 0.4) is 0 Å². The molecule has 0 radical (unpaired) electrons. The maximum Gasteiger partial charge on any atom is 0.221 e. The summed E-state index contributed by atoms with van der Waals surface area (Å²) in [6.07, 6.45) is 2.43. The first-order valence-electron chi connectivity index (χ1n) is 7.30. The van der Waals surface area contributed by atoms with Gasteiger partial charge in [0.1, 0.15) is 0 Å². The largest absolute Gasteiger partial charge is 0.382 e. The van der Waals surface area contributed by atoms with Crippen molar-refractivity contribution in [2.24, 2.45) is 5.92 Å². The molecule has 4 heteroatoms. The average Bonchev–Trinajstić information content (AvgIpc) is 2.41. The van der Waals surface area contributed by atoms with Crippen molar-refractivity contribution in [1.29, 1.82) is 0 Å². The molecule has 4 nitrogen and oxygen atoms in total. The number of rotatable bonds is 4. The molecule has 1 fully saturated rings. The lowest BCUT2D eigenvalue weighted by atomic mass is 9.95. The second kappa shape index (κ2) is 6.75. The summed E-state index contributed by atoms with van der Waals surface area (Å²) in [5, 5.41) is 6.32. The zero-order chi connectivity index (χ0) is 14.5. The first-order valence-corrected chi connectivity index (χ1v) is 7.30. The van der Waals surface area contributed by atoms with Gasteiger partial charge in [0.05, 0.1) is 6.10 Å². The van der Waals surface area contributed by atoms with Crippen molar-refractivity contribution in [1.82, 2.24) is 0 Å². The number of carbonyl (C=O) groups excluding carboxylic acids is 1. The zero-order valence-electron chi connectivity index (χ0n) is 12.5. The lowest BCUT2D eigenvalue weighted by molar-refractivity contribution is -0.114. The number of benzene rings is 1. The molecule has 1 heterocycles. The van der Waals surface area contributed by atoms with E-state index in [0.29, 0.717) is 18.1 Å². The van der Waals surface area contributed by atoms with Crippen molar-refractivity contribution in [2.75, 3.05) is 17.2 Å². The van der Waals surface area contributed by atoms with Gasteiger partial charge in [0.2, 0.25) is 5.91 Å². The van der Waals surface area contributed by atoms with E-state index in [4.69, 9.17) is 4.74 Å². The molecule has 2 unspecified atom stereocenters. The summed E-state index contributed by atoms with van der Waals surface area (Å²) in [5.41, 5.74) is 1.92. The number of anilines is 2. The third-order valence-corrected chi connectivity index (χ3v) is 3.63. The SMILES string of the molecule is CC(=O)Nc1ccc(NC2CCOC(C(C)C)C2)cc1. The maximum atomic E-state index is 11.0. The van der Waals surface area contributed by atoms with Crippen molar-refractivity contribution in [3.63, 3.8) is 0 Å². The Balaban J connectivity index is 1.91. The molecular weight excluding hydrogens is 252 g/mol. The average molecular weight is 276 g/mol.